The van der Waals surface area contributed by atoms with Crippen molar-refractivity contribution in [1.82, 2.24) is 0 Å². The Morgan fingerprint density at radius 2 is 1.71 bits per heavy atom. The van der Waals surface area contributed by atoms with Gasteiger partial charge in [-0.25, -0.2) is 0 Å². The van der Waals surface area contributed by atoms with E-state index in [4.69, 9.17) is 4.74 Å². The second-order valence-corrected chi connectivity index (χ2v) is 4.85. The van der Waals surface area contributed by atoms with Crippen molar-refractivity contribution < 1.29 is 4.74 Å². The van der Waals surface area contributed by atoms with E-state index in [0.29, 0.717) is 6.10 Å². The second kappa shape index (κ2) is 8.30. The van der Waals surface area contributed by atoms with Crippen LogP contribution in [0, 0.1) is 0 Å². The molecule has 0 aromatic heterocycles. The molecular weight excluding hydrogens is 208 g/mol. The van der Waals surface area contributed by atoms with E-state index >= 15 is 0 Å². The van der Waals surface area contributed by atoms with Crippen LogP contribution in [0.2, 0.25) is 0 Å². The van der Waals surface area contributed by atoms with E-state index in [1.54, 1.807) is 0 Å². The van der Waals surface area contributed by atoms with Gasteiger partial charge in [-0.15, -0.1) is 0 Å². The van der Waals surface area contributed by atoms with Crippen LogP contribution in [0.15, 0.2) is 30.3 Å². The highest BCUT2D eigenvalue weighted by atomic mass is 16.5. The minimum Gasteiger partial charge on any atom is -0.371 e. The number of ether oxygens (including phenoxy) is 1. The van der Waals surface area contributed by atoms with Crippen molar-refractivity contribution in [2.45, 2.75) is 65.1 Å². The molecule has 17 heavy (non-hydrogen) atoms. The molecule has 0 fully saturated rings. The van der Waals surface area contributed by atoms with Crippen LogP contribution in [-0.4, -0.2) is 6.10 Å². The zero-order valence-corrected chi connectivity index (χ0v) is 11.5. The molecule has 0 bridgehead atoms. The number of hydrogen-bond acceptors (Lipinski definition) is 1. The van der Waals surface area contributed by atoms with Gasteiger partial charge in [-0.2, -0.15) is 0 Å². The predicted molar refractivity (Wildman–Crippen MR) is 74.2 cm³/mol. The summed E-state index contributed by atoms with van der Waals surface area (Å²) in [4.78, 5) is 0. The molecule has 0 saturated heterocycles. The average molecular weight is 234 g/mol. The normalized spacial score (nSPS) is 14.5. The molecule has 96 valence electrons. The SMILES string of the molecule is CCCCCC[C@H](C)O[C@@H](C)c1ccccc1. The number of benzene rings is 1. The van der Waals surface area contributed by atoms with Crippen LogP contribution < -0.4 is 0 Å². The van der Waals surface area contributed by atoms with Crippen molar-refractivity contribution in [3.05, 3.63) is 35.9 Å². The summed E-state index contributed by atoms with van der Waals surface area (Å²) in [7, 11) is 0. The molecule has 1 aromatic rings. The molecule has 2 atom stereocenters. The Balaban J connectivity index is 2.24. The maximum atomic E-state index is 6.02. The third-order valence-corrected chi connectivity index (χ3v) is 3.17. The molecule has 1 aromatic carbocycles. The van der Waals surface area contributed by atoms with Gasteiger partial charge in [-0.1, -0.05) is 62.9 Å². The summed E-state index contributed by atoms with van der Waals surface area (Å²) in [6, 6.07) is 10.5. The molecule has 0 aliphatic heterocycles. The van der Waals surface area contributed by atoms with E-state index in [9.17, 15) is 0 Å². The monoisotopic (exact) mass is 234 g/mol. The molecule has 0 radical (unpaired) electrons. The number of hydrogen-bond donors (Lipinski definition) is 0. The van der Waals surface area contributed by atoms with Crippen LogP contribution in [0.5, 0.6) is 0 Å². The first kappa shape index (κ1) is 14.2. The average Bonchev–Trinajstić information content (AvgIpc) is 2.36. The highest BCUT2D eigenvalue weighted by Crippen LogP contribution is 2.20. The largest absolute Gasteiger partial charge is 0.371 e. The maximum Gasteiger partial charge on any atom is 0.0800 e. The van der Waals surface area contributed by atoms with E-state index in [2.05, 4.69) is 45.0 Å². The minimum absolute atomic E-state index is 0.206. The molecule has 0 amide bonds. The molecule has 1 nitrogen and oxygen atoms in total. The first-order chi connectivity index (χ1) is 8.24. The fourth-order valence-corrected chi connectivity index (χ4v) is 2.08. The fourth-order valence-electron chi connectivity index (χ4n) is 2.08. The maximum absolute atomic E-state index is 6.02. The molecule has 0 heterocycles. The fraction of sp³-hybridized carbons (Fsp3) is 0.625. The number of rotatable bonds is 8. The van der Waals surface area contributed by atoms with Gasteiger partial charge in [0.2, 0.25) is 0 Å². The van der Waals surface area contributed by atoms with Gasteiger partial charge in [0.25, 0.3) is 0 Å². The third kappa shape index (κ3) is 5.88. The highest BCUT2D eigenvalue weighted by molar-refractivity contribution is 5.16. The molecule has 0 N–H and O–H groups in total. The standard InChI is InChI=1S/C16H26O/c1-4-5-6-8-11-14(2)17-15(3)16-12-9-7-10-13-16/h7,9-10,12-15H,4-6,8,11H2,1-3H3/t14-,15-/m0/s1. The first-order valence-electron chi connectivity index (χ1n) is 6.94. The Labute approximate surface area is 106 Å². The lowest BCUT2D eigenvalue weighted by molar-refractivity contribution is 0.00163. The summed E-state index contributed by atoms with van der Waals surface area (Å²) in [6.45, 7) is 6.57. The van der Waals surface area contributed by atoms with Crippen LogP contribution in [0.25, 0.3) is 0 Å². The Bertz CT molecular complexity index is 281. The molecule has 0 unspecified atom stereocenters. The second-order valence-electron chi connectivity index (χ2n) is 4.85. The molecule has 0 spiro atoms. The minimum atomic E-state index is 0.206. The Kier molecular flexibility index (Phi) is 6.95. The molecular formula is C16H26O. The van der Waals surface area contributed by atoms with E-state index in [-0.39, 0.29) is 6.10 Å². The molecule has 1 heteroatoms. The van der Waals surface area contributed by atoms with E-state index in [0.717, 1.165) is 0 Å². The Hall–Kier alpha value is -0.820. The lowest BCUT2D eigenvalue weighted by atomic mass is 10.1. The van der Waals surface area contributed by atoms with Gasteiger partial charge in [0.05, 0.1) is 12.2 Å². The first-order valence-corrected chi connectivity index (χ1v) is 6.94. The van der Waals surface area contributed by atoms with Crippen molar-refractivity contribution in [3.63, 3.8) is 0 Å². The van der Waals surface area contributed by atoms with Crippen LogP contribution in [0.3, 0.4) is 0 Å². The van der Waals surface area contributed by atoms with Crippen LogP contribution in [0.4, 0.5) is 0 Å². The molecule has 1 rings (SSSR count). The summed E-state index contributed by atoms with van der Waals surface area (Å²) in [5, 5.41) is 0. The van der Waals surface area contributed by atoms with Gasteiger partial charge >= 0.3 is 0 Å². The van der Waals surface area contributed by atoms with Crippen molar-refractivity contribution in [3.8, 4) is 0 Å². The lowest BCUT2D eigenvalue weighted by Crippen LogP contribution is -2.11. The van der Waals surface area contributed by atoms with E-state index < -0.39 is 0 Å². The summed E-state index contributed by atoms with van der Waals surface area (Å²) in [5.74, 6) is 0. The molecule has 0 aliphatic carbocycles. The zero-order chi connectivity index (χ0) is 12.5. The summed E-state index contributed by atoms with van der Waals surface area (Å²) >= 11 is 0. The van der Waals surface area contributed by atoms with Gasteiger partial charge < -0.3 is 4.74 Å². The quantitative estimate of drug-likeness (QED) is 0.567. The summed E-state index contributed by atoms with van der Waals surface area (Å²) in [6.07, 6.45) is 7.02. The Morgan fingerprint density at radius 3 is 2.35 bits per heavy atom. The van der Waals surface area contributed by atoms with Crippen LogP contribution >= 0.6 is 0 Å². The van der Waals surface area contributed by atoms with Gasteiger partial charge in [-0.3, -0.25) is 0 Å². The van der Waals surface area contributed by atoms with E-state index in [1.165, 1.54) is 37.7 Å². The molecule has 0 aliphatic rings. The van der Waals surface area contributed by atoms with E-state index in [1.807, 2.05) is 6.07 Å². The highest BCUT2D eigenvalue weighted by Gasteiger charge is 2.09. The van der Waals surface area contributed by atoms with Gasteiger partial charge in [-0.05, 0) is 25.8 Å². The van der Waals surface area contributed by atoms with Crippen molar-refractivity contribution in [2.24, 2.45) is 0 Å². The predicted octanol–water partition coefficient (Wildman–Crippen LogP) is 5.12. The van der Waals surface area contributed by atoms with Crippen LogP contribution in [-0.2, 0) is 4.74 Å². The smallest absolute Gasteiger partial charge is 0.0800 e. The summed E-state index contributed by atoms with van der Waals surface area (Å²) in [5.41, 5.74) is 1.27. The van der Waals surface area contributed by atoms with Gasteiger partial charge in [0, 0.05) is 0 Å². The third-order valence-electron chi connectivity index (χ3n) is 3.17. The zero-order valence-electron chi connectivity index (χ0n) is 11.5. The van der Waals surface area contributed by atoms with Crippen LogP contribution in [0.1, 0.15) is 64.5 Å². The topological polar surface area (TPSA) is 9.23 Å². The van der Waals surface area contributed by atoms with Crippen molar-refractivity contribution >= 4 is 0 Å². The van der Waals surface area contributed by atoms with Crippen molar-refractivity contribution in [1.29, 1.82) is 0 Å². The molecule has 0 saturated carbocycles. The summed E-state index contributed by atoms with van der Waals surface area (Å²) < 4.78 is 6.02. The van der Waals surface area contributed by atoms with Gasteiger partial charge in [0.1, 0.15) is 0 Å². The van der Waals surface area contributed by atoms with Crippen molar-refractivity contribution in [2.75, 3.05) is 0 Å². The van der Waals surface area contributed by atoms with Gasteiger partial charge in [0.15, 0.2) is 0 Å². The Morgan fingerprint density at radius 1 is 1.00 bits per heavy atom. The lowest BCUT2D eigenvalue weighted by Gasteiger charge is -2.19. The number of unbranched alkanes of at least 4 members (excludes halogenated alkanes) is 3.